The number of fused-ring (bicyclic) bond motifs is 4. The number of hydroxylamine groups is 2. The number of nitrogens with zero attached hydrogens (tertiary/aromatic N) is 4. The zero-order chi connectivity index (χ0) is 48.9. The highest BCUT2D eigenvalue weighted by Crippen LogP contribution is 2.44. The quantitative estimate of drug-likeness (QED) is 0.0959. The van der Waals surface area contributed by atoms with Gasteiger partial charge in [0.05, 0.1) is 28.9 Å². The second-order valence-corrected chi connectivity index (χ2v) is 19.6. The minimum absolute atomic E-state index is 0.110. The zero-order valence-electron chi connectivity index (χ0n) is 39.3. The van der Waals surface area contributed by atoms with Crippen LogP contribution in [0.3, 0.4) is 0 Å². The van der Waals surface area contributed by atoms with Crippen LogP contribution in [0, 0.1) is 0 Å². The van der Waals surface area contributed by atoms with Crippen LogP contribution >= 0.6 is 0 Å². The summed E-state index contributed by atoms with van der Waals surface area (Å²) < 4.78 is 48.7. The van der Waals surface area contributed by atoms with Gasteiger partial charge in [-0.3, -0.25) is 24.0 Å². The van der Waals surface area contributed by atoms with E-state index in [0.29, 0.717) is 23.8 Å². The maximum atomic E-state index is 14.6. The van der Waals surface area contributed by atoms with Crippen LogP contribution in [0.5, 0.6) is 0 Å². The second kappa shape index (κ2) is 21.1. The third kappa shape index (κ3) is 11.0. The molecule has 2 N–H and O–H groups in total. The first-order valence-corrected chi connectivity index (χ1v) is 24.6. The molecular formula is C49H60N6O12S. The molecule has 7 rings (SSSR count). The van der Waals surface area contributed by atoms with Gasteiger partial charge in [-0.25, -0.2) is 17.8 Å². The molecule has 68 heavy (non-hydrogen) atoms. The molecule has 364 valence electrons. The Morgan fingerprint density at radius 1 is 0.897 bits per heavy atom. The largest absolute Gasteiger partial charge is 0.748 e. The topological polar surface area (TPSA) is 224 Å². The van der Waals surface area contributed by atoms with Crippen LogP contribution in [0.25, 0.3) is 5.57 Å². The molecule has 3 aromatic carbocycles. The summed E-state index contributed by atoms with van der Waals surface area (Å²) in [5.74, 6) is -5.94. The van der Waals surface area contributed by atoms with E-state index in [9.17, 15) is 41.7 Å². The molecule has 1 saturated heterocycles. The number of ether oxygens (including phenoxy) is 2. The molecule has 1 fully saturated rings. The van der Waals surface area contributed by atoms with Crippen LogP contribution in [0.4, 0.5) is 5.69 Å². The number of amides is 5. The van der Waals surface area contributed by atoms with E-state index in [2.05, 4.69) is 58.2 Å². The van der Waals surface area contributed by atoms with Crippen molar-refractivity contribution >= 4 is 56.9 Å². The van der Waals surface area contributed by atoms with Crippen LogP contribution in [0.1, 0.15) is 96.1 Å². The molecule has 0 bridgehead atoms. The van der Waals surface area contributed by atoms with Gasteiger partial charge in [-0.05, 0) is 82.1 Å². The van der Waals surface area contributed by atoms with Gasteiger partial charge in [-0.15, -0.1) is 5.06 Å². The van der Waals surface area contributed by atoms with Gasteiger partial charge in [0.1, 0.15) is 19.2 Å². The summed E-state index contributed by atoms with van der Waals surface area (Å²) in [4.78, 5) is 85.2. The molecular weight excluding hydrogens is 897 g/mol. The van der Waals surface area contributed by atoms with E-state index in [4.69, 9.17) is 14.3 Å². The van der Waals surface area contributed by atoms with Gasteiger partial charge in [-0.1, -0.05) is 32.0 Å². The molecule has 19 heteroatoms. The highest BCUT2D eigenvalue weighted by atomic mass is 32.2. The molecule has 0 radical (unpaired) electrons. The van der Waals surface area contributed by atoms with Gasteiger partial charge in [-0.2, -0.15) is 0 Å². The molecule has 5 amide bonds. The smallest absolute Gasteiger partial charge is 0.334 e. The summed E-state index contributed by atoms with van der Waals surface area (Å²) in [6.45, 7) is 8.53. The number of hydrogen-bond donors (Lipinski definition) is 2. The minimum Gasteiger partial charge on any atom is -0.748 e. The Morgan fingerprint density at radius 2 is 1.62 bits per heavy atom. The number of carbonyl (C=O) groups is 6. The fraction of sp³-hybridized carbons (Fsp3) is 0.490. The Hall–Kier alpha value is -6.02. The Balaban J connectivity index is 1.16. The number of carbonyl (C=O) groups excluding carboxylic acids is 6. The lowest BCUT2D eigenvalue weighted by Gasteiger charge is -2.39. The molecule has 0 unspecified atom stereocenters. The monoisotopic (exact) mass is 956 g/mol. The maximum absolute atomic E-state index is 14.6. The molecule has 3 aliphatic heterocycles. The molecule has 4 aliphatic rings. The average Bonchev–Trinajstić information content (AvgIpc) is 3.62. The van der Waals surface area contributed by atoms with Crippen LogP contribution < -0.4 is 30.7 Å². The highest BCUT2D eigenvalue weighted by molar-refractivity contribution is 7.85. The van der Waals surface area contributed by atoms with Crippen molar-refractivity contribution in [1.29, 1.82) is 0 Å². The van der Waals surface area contributed by atoms with Gasteiger partial charge in [0.15, 0.2) is 6.54 Å². The van der Waals surface area contributed by atoms with Gasteiger partial charge in [0, 0.05) is 101 Å². The molecule has 1 atom stereocenters. The first kappa shape index (κ1) is 49.9. The first-order valence-electron chi connectivity index (χ1n) is 23.0. The number of rotatable bonds is 19. The lowest BCUT2D eigenvalue weighted by atomic mass is 9.67. The first-order chi connectivity index (χ1) is 32.4. The van der Waals surface area contributed by atoms with Crippen molar-refractivity contribution in [3.63, 3.8) is 0 Å². The number of methoxy groups -OCH3 is 2. The molecule has 0 spiro atoms. The molecule has 18 nitrogen and oxygen atoms in total. The summed E-state index contributed by atoms with van der Waals surface area (Å²) in [5, 5.41) is 7.14. The Morgan fingerprint density at radius 3 is 2.34 bits per heavy atom. The fourth-order valence-corrected chi connectivity index (χ4v) is 10.3. The van der Waals surface area contributed by atoms with Crippen LogP contribution in [-0.4, -0.2) is 144 Å². The van der Waals surface area contributed by atoms with E-state index in [1.165, 1.54) is 27.1 Å². The van der Waals surface area contributed by atoms with Crippen molar-refractivity contribution in [1.82, 2.24) is 25.2 Å². The van der Waals surface area contributed by atoms with Gasteiger partial charge in [0.2, 0.25) is 17.2 Å². The number of nitrogens with one attached hydrogen (secondary N) is 2. The van der Waals surface area contributed by atoms with Crippen LogP contribution in [0.15, 0.2) is 48.5 Å². The Bertz CT molecular complexity index is 2740. The van der Waals surface area contributed by atoms with Crippen molar-refractivity contribution in [2.24, 2.45) is 0 Å². The van der Waals surface area contributed by atoms with E-state index in [-0.39, 0.29) is 31.7 Å². The average molecular weight is 957 g/mol. The summed E-state index contributed by atoms with van der Waals surface area (Å²) >= 11 is 0. The fourth-order valence-electron chi connectivity index (χ4n) is 9.65. The summed E-state index contributed by atoms with van der Waals surface area (Å²) in [6.07, 6.45) is 2.70. The highest BCUT2D eigenvalue weighted by Gasteiger charge is 2.38. The molecule has 1 aliphatic carbocycles. The summed E-state index contributed by atoms with van der Waals surface area (Å²) in [6, 6.07) is 14.9. The van der Waals surface area contributed by atoms with E-state index in [0.717, 1.165) is 84.9 Å². The normalized spacial score (nSPS) is 16.6. The number of anilines is 1. The predicted molar refractivity (Wildman–Crippen MR) is 249 cm³/mol. The third-order valence-electron chi connectivity index (χ3n) is 13.2. The van der Waals surface area contributed by atoms with Gasteiger partial charge < -0.3 is 39.3 Å². The van der Waals surface area contributed by atoms with Crippen molar-refractivity contribution in [2.45, 2.75) is 76.7 Å². The SMILES string of the molecule is COCCN1CCCc2cc3c(cc21)C(C)(C)c1cc2c(cc1=C3c1ccccc1C(=O)N(C)CCC(=O)N[C@@H](CS(=O)(=O)[O-])C(=O)NCCC(=O)ON1C(=O)CCC1=O)CCC[N+]=2CCOC. The van der Waals surface area contributed by atoms with Gasteiger partial charge in [0.25, 0.3) is 17.7 Å². The van der Waals surface area contributed by atoms with Crippen molar-refractivity contribution < 1.29 is 56.0 Å². The molecule has 0 aromatic heterocycles. The minimum atomic E-state index is -5.03. The van der Waals surface area contributed by atoms with Crippen molar-refractivity contribution in [3.8, 4) is 0 Å². The summed E-state index contributed by atoms with van der Waals surface area (Å²) in [5.41, 5.74) is 8.62. The predicted octanol–water partition coefficient (Wildman–Crippen LogP) is 0.662. The molecule has 0 saturated carbocycles. The molecule has 3 heterocycles. The maximum Gasteiger partial charge on any atom is 0.334 e. The Labute approximate surface area is 396 Å². The molecule has 3 aromatic rings. The number of hydrogen-bond acceptors (Lipinski definition) is 13. The van der Waals surface area contributed by atoms with Crippen molar-refractivity contribution in [2.75, 3.05) is 84.4 Å². The summed E-state index contributed by atoms with van der Waals surface area (Å²) in [7, 11) is -0.0594. The number of benzene rings is 3. The van der Waals surface area contributed by atoms with E-state index in [1.807, 2.05) is 12.1 Å². The van der Waals surface area contributed by atoms with E-state index < -0.39 is 69.9 Å². The zero-order valence-corrected chi connectivity index (χ0v) is 40.1. The standard InChI is InChI=1S/C49H60N6O12S/c1-49(2)37-28-40-31(10-8-19-53(40)22-24-65-4)26-35(37)46(36-27-32-11-9-20-54(23-25-66-5)41(32)29-38(36)49)33-12-6-7-13-34(33)48(61)52(3)21-17-42(56)51-39(30-68(62,63)64)47(60)50-18-16-45(59)67-55-43(57)14-15-44(55)58/h6-7,12-13,26-29,39H,8-11,14-25,30H2,1-5H3,(H2-,50,51,56,60,62,63,64)/t39-/m0/s1. The third-order valence-corrected chi connectivity index (χ3v) is 13.9. The van der Waals surface area contributed by atoms with E-state index in [1.54, 1.807) is 33.4 Å². The van der Waals surface area contributed by atoms with Gasteiger partial charge >= 0.3 is 5.97 Å². The van der Waals surface area contributed by atoms with Crippen LogP contribution in [0.2, 0.25) is 0 Å². The number of imide groups is 1. The van der Waals surface area contributed by atoms with E-state index >= 15 is 0 Å². The number of aryl methyl sites for hydroxylation is 2. The second-order valence-electron chi connectivity index (χ2n) is 18.2. The lowest BCUT2D eigenvalue weighted by molar-refractivity contribution is -0.197. The van der Waals surface area contributed by atoms with Crippen molar-refractivity contribution in [3.05, 3.63) is 98.1 Å². The van der Waals surface area contributed by atoms with Crippen LogP contribution in [-0.2, 0) is 66.7 Å². The Kier molecular flexibility index (Phi) is 15.5. The lowest BCUT2D eigenvalue weighted by Crippen LogP contribution is -2.51.